The van der Waals surface area contributed by atoms with Gasteiger partial charge in [0.05, 0.1) is 11.9 Å². The van der Waals surface area contributed by atoms with E-state index in [2.05, 4.69) is 34.3 Å². The highest BCUT2D eigenvalue weighted by Gasteiger charge is 2.26. The standard InChI is InChI=1S/C25H23FN4O/c26-21-8-6-20(7-9-21)23-10-13-27-24-22(17-28-30(23)24)25(31)29-14-11-19(12-15-29)16-18-4-2-1-3-5-18/h1-10,13,17,19H,11-12,14-16H2. The molecule has 0 unspecified atom stereocenters. The van der Waals surface area contributed by atoms with Crippen molar-refractivity contribution in [1.82, 2.24) is 19.5 Å². The molecule has 1 fully saturated rings. The maximum atomic E-state index is 13.3. The molecule has 4 aromatic rings. The largest absolute Gasteiger partial charge is 0.338 e. The number of rotatable bonds is 4. The second-order valence-electron chi connectivity index (χ2n) is 8.06. The van der Waals surface area contributed by atoms with E-state index in [4.69, 9.17) is 0 Å². The summed E-state index contributed by atoms with van der Waals surface area (Å²) >= 11 is 0. The SMILES string of the molecule is O=C(c1cnn2c(-c3ccc(F)cc3)ccnc12)N1CCC(Cc2ccccc2)CC1. The number of aromatic nitrogens is 3. The second kappa shape index (κ2) is 8.30. The molecule has 0 radical (unpaired) electrons. The Hall–Kier alpha value is -3.54. The summed E-state index contributed by atoms with van der Waals surface area (Å²) in [6.07, 6.45) is 6.30. The van der Waals surface area contributed by atoms with Crippen molar-refractivity contribution < 1.29 is 9.18 Å². The van der Waals surface area contributed by atoms with Crippen molar-refractivity contribution in [3.8, 4) is 11.3 Å². The molecule has 5 nitrogen and oxygen atoms in total. The first-order chi connectivity index (χ1) is 15.2. The highest BCUT2D eigenvalue weighted by molar-refractivity contribution is 6.00. The van der Waals surface area contributed by atoms with Crippen LogP contribution in [0.1, 0.15) is 28.8 Å². The Kier molecular flexibility index (Phi) is 5.20. The van der Waals surface area contributed by atoms with E-state index >= 15 is 0 Å². The fourth-order valence-electron chi connectivity index (χ4n) is 4.34. The zero-order valence-electron chi connectivity index (χ0n) is 17.1. The molecule has 1 aliphatic heterocycles. The molecule has 6 heteroatoms. The summed E-state index contributed by atoms with van der Waals surface area (Å²) in [5, 5.41) is 4.42. The molecule has 2 aromatic heterocycles. The number of fused-ring (bicyclic) bond motifs is 1. The third-order valence-corrected chi connectivity index (χ3v) is 6.04. The number of benzene rings is 2. The zero-order chi connectivity index (χ0) is 21.2. The van der Waals surface area contributed by atoms with Crippen LogP contribution in [0.2, 0.25) is 0 Å². The van der Waals surface area contributed by atoms with Gasteiger partial charge < -0.3 is 4.90 Å². The number of carbonyl (C=O) groups excluding carboxylic acids is 1. The van der Waals surface area contributed by atoms with Gasteiger partial charge in [0.15, 0.2) is 5.65 Å². The molecule has 2 aromatic carbocycles. The first-order valence-electron chi connectivity index (χ1n) is 10.6. The molecular weight excluding hydrogens is 391 g/mol. The molecule has 31 heavy (non-hydrogen) atoms. The summed E-state index contributed by atoms with van der Waals surface area (Å²) < 4.78 is 15.0. The lowest BCUT2D eigenvalue weighted by Crippen LogP contribution is -2.38. The lowest BCUT2D eigenvalue weighted by molar-refractivity contribution is 0.0692. The van der Waals surface area contributed by atoms with E-state index in [0.717, 1.165) is 43.6 Å². The van der Waals surface area contributed by atoms with Crippen LogP contribution in [0.3, 0.4) is 0 Å². The van der Waals surface area contributed by atoms with E-state index in [1.807, 2.05) is 17.0 Å². The molecule has 1 aliphatic rings. The Morgan fingerprint density at radius 3 is 2.48 bits per heavy atom. The van der Waals surface area contributed by atoms with Crippen LogP contribution in [0.25, 0.3) is 16.9 Å². The van der Waals surface area contributed by atoms with E-state index in [1.165, 1.54) is 17.7 Å². The molecule has 1 amide bonds. The fraction of sp³-hybridized carbons (Fsp3) is 0.240. The number of amides is 1. The van der Waals surface area contributed by atoms with Crippen LogP contribution >= 0.6 is 0 Å². The van der Waals surface area contributed by atoms with Crippen LogP contribution in [0.5, 0.6) is 0 Å². The second-order valence-corrected chi connectivity index (χ2v) is 8.06. The highest BCUT2D eigenvalue weighted by atomic mass is 19.1. The van der Waals surface area contributed by atoms with Crippen molar-refractivity contribution in [2.75, 3.05) is 13.1 Å². The van der Waals surface area contributed by atoms with Gasteiger partial charge in [-0.15, -0.1) is 0 Å². The number of likely N-dealkylation sites (tertiary alicyclic amines) is 1. The van der Waals surface area contributed by atoms with Gasteiger partial charge in [-0.25, -0.2) is 13.9 Å². The van der Waals surface area contributed by atoms with Crippen LogP contribution in [-0.4, -0.2) is 38.5 Å². The molecule has 0 aliphatic carbocycles. The summed E-state index contributed by atoms with van der Waals surface area (Å²) in [5.74, 6) is 0.275. The minimum absolute atomic E-state index is 0.0306. The van der Waals surface area contributed by atoms with Crippen molar-refractivity contribution >= 4 is 11.6 Å². The predicted molar refractivity (Wildman–Crippen MR) is 117 cm³/mol. The van der Waals surface area contributed by atoms with Crippen molar-refractivity contribution in [3.05, 3.63) is 90.0 Å². The first kappa shape index (κ1) is 19.4. The van der Waals surface area contributed by atoms with Gasteiger partial charge in [0.25, 0.3) is 5.91 Å². The zero-order valence-corrected chi connectivity index (χ0v) is 17.1. The number of halogens is 1. The van der Waals surface area contributed by atoms with E-state index in [-0.39, 0.29) is 11.7 Å². The number of nitrogens with zero attached hydrogens (tertiary/aromatic N) is 4. The van der Waals surface area contributed by atoms with Gasteiger partial charge >= 0.3 is 0 Å². The lowest BCUT2D eigenvalue weighted by atomic mass is 9.90. The molecule has 0 bridgehead atoms. The van der Waals surface area contributed by atoms with Crippen LogP contribution in [-0.2, 0) is 6.42 Å². The number of hydrogen-bond donors (Lipinski definition) is 0. The molecule has 0 spiro atoms. The number of hydrogen-bond acceptors (Lipinski definition) is 3. The maximum absolute atomic E-state index is 13.3. The normalized spacial score (nSPS) is 14.8. The highest BCUT2D eigenvalue weighted by Crippen LogP contribution is 2.25. The Balaban J connectivity index is 1.33. The van der Waals surface area contributed by atoms with E-state index in [9.17, 15) is 9.18 Å². The smallest absolute Gasteiger partial charge is 0.259 e. The summed E-state index contributed by atoms with van der Waals surface area (Å²) in [5.41, 5.74) is 3.97. The Morgan fingerprint density at radius 2 is 1.74 bits per heavy atom. The first-order valence-corrected chi connectivity index (χ1v) is 10.6. The predicted octanol–water partition coefficient (Wildman–Crippen LogP) is 4.63. The summed E-state index contributed by atoms with van der Waals surface area (Å²) in [6, 6.07) is 18.6. The van der Waals surface area contributed by atoms with E-state index in [0.29, 0.717) is 17.1 Å². The molecule has 3 heterocycles. The average Bonchev–Trinajstić information content (AvgIpc) is 3.25. The molecule has 5 rings (SSSR count). The molecule has 1 saturated heterocycles. The van der Waals surface area contributed by atoms with Crippen LogP contribution in [0.15, 0.2) is 73.1 Å². The van der Waals surface area contributed by atoms with Crippen LogP contribution in [0.4, 0.5) is 4.39 Å². The number of piperidine rings is 1. The van der Waals surface area contributed by atoms with Crippen LogP contribution in [0, 0.1) is 11.7 Å². The van der Waals surface area contributed by atoms with Gasteiger partial charge in [-0.3, -0.25) is 4.79 Å². The maximum Gasteiger partial charge on any atom is 0.259 e. The average molecular weight is 414 g/mol. The Morgan fingerprint density at radius 1 is 1.00 bits per heavy atom. The van der Waals surface area contributed by atoms with Gasteiger partial charge in [0.2, 0.25) is 0 Å². The fourth-order valence-corrected chi connectivity index (χ4v) is 4.34. The van der Waals surface area contributed by atoms with Crippen molar-refractivity contribution in [3.63, 3.8) is 0 Å². The Labute approximate surface area is 180 Å². The lowest BCUT2D eigenvalue weighted by Gasteiger charge is -2.32. The topological polar surface area (TPSA) is 50.5 Å². The van der Waals surface area contributed by atoms with E-state index in [1.54, 1.807) is 29.0 Å². The minimum Gasteiger partial charge on any atom is -0.338 e. The molecular formula is C25H23FN4O. The third kappa shape index (κ3) is 3.93. The third-order valence-electron chi connectivity index (χ3n) is 6.04. The van der Waals surface area contributed by atoms with Gasteiger partial charge in [-0.05, 0) is 61.1 Å². The molecule has 0 atom stereocenters. The van der Waals surface area contributed by atoms with Gasteiger partial charge in [0.1, 0.15) is 11.4 Å². The van der Waals surface area contributed by atoms with Crippen molar-refractivity contribution in [1.29, 1.82) is 0 Å². The summed E-state index contributed by atoms with van der Waals surface area (Å²) in [6.45, 7) is 1.48. The van der Waals surface area contributed by atoms with Crippen molar-refractivity contribution in [2.24, 2.45) is 5.92 Å². The van der Waals surface area contributed by atoms with Gasteiger partial charge in [-0.2, -0.15) is 5.10 Å². The molecule has 0 saturated carbocycles. The van der Waals surface area contributed by atoms with Gasteiger partial charge in [0, 0.05) is 24.8 Å². The summed E-state index contributed by atoms with van der Waals surface area (Å²) in [7, 11) is 0. The van der Waals surface area contributed by atoms with Crippen LogP contribution < -0.4 is 0 Å². The van der Waals surface area contributed by atoms with Gasteiger partial charge in [-0.1, -0.05) is 30.3 Å². The molecule has 156 valence electrons. The quantitative estimate of drug-likeness (QED) is 0.489. The minimum atomic E-state index is -0.291. The van der Waals surface area contributed by atoms with E-state index < -0.39 is 0 Å². The monoisotopic (exact) mass is 414 g/mol. The Bertz CT molecular complexity index is 1200. The number of carbonyl (C=O) groups is 1. The summed E-state index contributed by atoms with van der Waals surface area (Å²) in [4.78, 5) is 19.5. The molecule has 0 N–H and O–H groups in total. The van der Waals surface area contributed by atoms with Crippen molar-refractivity contribution in [2.45, 2.75) is 19.3 Å².